The normalized spacial score (nSPS) is 10.3. The van der Waals surface area contributed by atoms with Crippen molar-refractivity contribution in [3.63, 3.8) is 0 Å². The number of anilines is 2. The summed E-state index contributed by atoms with van der Waals surface area (Å²) in [5, 5.41) is 0. The van der Waals surface area contributed by atoms with Gasteiger partial charge in [0.1, 0.15) is 5.82 Å². The Kier molecular flexibility index (Phi) is 3.85. The molecule has 5 heteroatoms. The molecule has 2 aromatic rings. The zero-order valence-corrected chi connectivity index (χ0v) is 11.8. The quantitative estimate of drug-likeness (QED) is 0.861. The summed E-state index contributed by atoms with van der Waals surface area (Å²) in [7, 11) is 1.58. The molecule has 98 valence electrons. The Bertz CT molecular complexity index is 631. The van der Waals surface area contributed by atoms with Gasteiger partial charge >= 0.3 is 0 Å². The van der Waals surface area contributed by atoms with Crippen LogP contribution < -0.4 is 10.6 Å². The SMILES string of the molecule is CN(C(=O)c1ccc(Br)cc1F)c1cccc(N)c1. The lowest BCUT2D eigenvalue weighted by Crippen LogP contribution is -2.27. The van der Waals surface area contributed by atoms with Crippen LogP contribution in [0, 0.1) is 5.82 Å². The predicted molar refractivity (Wildman–Crippen MR) is 77.7 cm³/mol. The molecular formula is C14H12BrFN2O. The van der Waals surface area contributed by atoms with E-state index in [9.17, 15) is 9.18 Å². The molecule has 0 aliphatic rings. The van der Waals surface area contributed by atoms with Crippen LogP contribution in [0.4, 0.5) is 15.8 Å². The summed E-state index contributed by atoms with van der Waals surface area (Å²) in [4.78, 5) is 13.6. The minimum atomic E-state index is -0.560. The van der Waals surface area contributed by atoms with Gasteiger partial charge in [-0.15, -0.1) is 0 Å². The van der Waals surface area contributed by atoms with Gasteiger partial charge in [0, 0.05) is 22.9 Å². The topological polar surface area (TPSA) is 46.3 Å². The Morgan fingerprint density at radius 2 is 2.00 bits per heavy atom. The largest absolute Gasteiger partial charge is 0.399 e. The summed E-state index contributed by atoms with van der Waals surface area (Å²) >= 11 is 3.16. The van der Waals surface area contributed by atoms with E-state index in [1.54, 1.807) is 37.4 Å². The number of benzene rings is 2. The molecule has 0 aliphatic heterocycles. The average Bonchev–Trinajstić information content (AvgIpc) is 2.37. The fraction of sp³-hybridized carbons (Fsp3) is 0.0714. The zero-order valence-electron chi connectivity index (χ0n) is 10.2. The van der Waals surface area contributed by atoms with E-state index in [2.05, 4.69) is 15.9 Å². The van der Waals surface area contributed by atoms with Crippen molar-refractivity contribution in [1.29, 1.82) is 0 Å². The molecule has 3 nitrogen and oxygen atoms in total. The Hall–Kier alpha value is -1.88. The number of carbonyl (C=O) groups excluding carboxylic acids is 1. The van der Waals surface area contributed by atoms with Gasteiger partial charge < -0.3 is 10.6 Å². The van der Waals surface area contributed by atoms with Crippen LogP contribution in [0.15, 0.2) is 46.9 Å². The molecule has 0 aliphatic carbocycles. The van der Waals surface area contributed by atoms with Crippen molar-refractivity contribution in [2.24, 2.45) is 0 Å². The first-order valence-electron chi connectivity index (χ1n) is 5.57. The lowest BCUT2D eigenvalue weighted by molar-refractivity contribution is 0.0989. The molecule has 19 heavy (non-hydrogen) atoms. The van der Waals surface area contributed by atoms with Gasteiger partial charge in [-0.1, -0.05) is 22.0 Å². The molecule has 0 spiro atoms. The molecule has 0 radical (unpaired) electrons. The van der Waals surface area contributed by atoms with Crippen molar-refractivity contribution in [3.8, 4) is 0 Å². The van der Waals surface area contributed by atoms with Crippen LogP contribution in [0.25, 0.3) is 0 Å². The number of nitrogens with zero attached hydrogens (tertiary/aromatic N) is 1. The van der Waals surface area contributed by atoms with Gasteiger partial charge in [-0.2, -0.15) is 0 Å². The second-order valence-electron chi connectivity index (χ2n) is 4.08. The molecule has 0 aromatic heterocycles. The third-order valence-electron chi connectivity index (χ3n) is 2.72. The Balaban J connectivity index is 2.33. The molecule has 0 bridgehead atoms. The smallest absolute Gasteiger partial charge is 0.260 e. The van der Waals surface area contributed by atoms with Crippen LogP contribution in [0.1, 0.15) is 10.4 Å². The summed E-state index contributed by atoms with van der Waals surface area (Å²) in [5.41, 5.74) is 6.86. The molecule has 0 saturated carbocycles. The van der Waals surface area contributed by atoms with Gasteiger partial charge in [0.25, 0.3) is 5.91 Å². The highest BCUT2D eigenvalue weighted by Crippen LogP contribution is 2.21. The van der Waals surface area contributed by atoms with Gasteiger partial charge in [-0.3, -0.25) is 4.79 Å². The Labute approximate surface area is 119 Å². The number of hydrogen-bond donors (Lipinski definition) is 1. The number of rotatable bonds is 2. The molecule has 0 atom stereocenters. The fourth-order valence-corrected chi connectivity index (χ4v) is 2.03. The van der Waals surface area contributed by atoms with Crippen molar-refractivity contribution in [3.05, 3.63) is 58.3 Å². The van der Waals surface area contributed by atoms with Crippen LogP contribution in [-0.2, 0) is 0 Å². The Morgan fingerprint density at radius 3 is 2.63 bits per heavy atom. The number of halogens is 2. The second kappa shape index (κ2) is 5.40. The Morgan fingerprint density at radius 1 is 1.26 bits per heavy atom. The van der Waals surface area contributed by atoms with Crippen molar-refractivity contribution >= 4 is 33.2 Å². The number of nitrogens with two attached hydrogens (primary N) is 1. The molecule has 2 N–H and O–H groups in total. The van der Waals surface area contributed by atoms with Gasteiger partial charge in [0.05, 0.1) is 5.56 Å². The van der Waals surface area contributed by atoms with Crippen LogP contribution in [0.3, 0.4) is 0 Å². The molecule has 1 amide bonds. The van der Waals surface area contributed by atoms with Crippen molar-refractivity contribution in [2.75, 3.05) is 17.7 Å². The minimum absolute atomic E-state index is 0.0214. The van der Waals surface area contributed by atoms with E-state index in [0.717, 1.165) is 0 Å². The second-order valence-corrected chi connectivity index (χ2v) is 5.00. The number of carbonyl (C=O) groups is 1. The summed E-state index contributed by atoms with van der Waals surface area (Å²) in [6, 6.07) is 11.2. The highest BCUT2D eigenvalue weighted by molar-refractivity contribution is 9.10. The highest BCUT2D eigenvalue weighted by Gasteiger charge is 2.17. The number of amides is 1. The van der Waals surface area contributed by atoms with E-state index >= 15 is 0 Å². The molecular weight excluding hydrogens is 311 g/mol. The standard InChI is InChI=1S/C14H12BrFN2O/c1-18(11-4-2-3-10(17)8-11)14(19)12-6-5-9(15)7-13(12)16/h2-8H,17H2,1H3. The first kappa shape index (κ1) is 13.5. The van der Waals surface area contributed by atoms with E-state index < -0.39 is 11.7 Å². The maximum Gasteiger partial charge on any atom is 0.260 e. The number of nitrogen functional groups attached to an aromatic ring is 1. The van der Waals surface area contributed by atoms with Gasteiger partial charge in [0.15, 0.2) is 0 Å². The average molecular weight is 323 g/mol. The summed E-state index contributed by atoms with van der Waals surface area (Å²) < 4.78 is 14.3. The molecule has 2 aromatic carbocycles. The molecule has 2 rings (SSSR count). The third-order valence-corrected chi connectivity index (χ3v) is 3.22. The third kappa shape index (κ3) is 2.93. The fourth-order valence-electron chi connectivity index (χ4n) is 1.69. The highest BCUT2D eigenvalue weighted by atomic mass is 79.9. The monoisotopic (exact) mass is 322 g/mol. The predicted octanol–water partition coefficient (Wildman–Crippen LogP) is 3.45. The first-order chi connectivity index (χ1) is 8.99. The molecule has 0 saturated heterocycles. The van der Waals surface area contributed by atoms with Crippen LogP contribution in [0.5, 0.6) is 0 Å². The lowest BCUT2D eigenvalue weighted by Gasteiger charge is -2.18. The van der Waals surface area contributed by atoms with Crippen molar-refractivity contribution in [2.45, 2.75) is 0 Å². The summed E-state index contributed by atoms with van der Waals surface area (Å²) in [6.45, 7) is 0. The maximum atomic E-state index is 13.8. The molecule has 0 fully saturated rings. The van der Waals surface area contributed by atoms with E-state index in [1.807, 2.05) is 0 Å². The minimum Gasteiger partial charge on any atom is -0.399 e. The van der Waals surface area contributed by atoms with Gasteiger partial charge in [-0.05, 0) is 36.4 Å². The number of hydrogen-bond acceptors (Lipinski definition) is 2. The summed E-state index contributed by atoms with van der Waals surface area (Å²) in [6.07, 6.45) is 0. The van der Waals surface area contributed by atoms with Crippen molar-refractivity contribution < 1.29 is 9.18 Å². The van der Waals surface area contributed by atoms with E-state index in [1.165, 1.54) is 17.0 Å². The molecule has 0 unspecified atom stereocenters. The van der Waals surface area contributed by atoms with Crippen molar-refractivity contribution in [1.82, 2.24) is 0 Å². The maximum absolute atomic E-state index is 13.8. The lowest BCUT2D eigenvalue weighted by atomic mass is 10.1. The van der Waals surface area contributed by atoms with Crippen LogP contribution in [-0.4, -0.2) is 13.0 Å². The zero-order chi connectivity index (χ0) is 14.0. The van der Waals surface area contributed by atoms with Gasteiger partial charge in [0.2, 0.25) is 0 Å². The van der Waals surface area contributed by atoms with Crippen LogP contribution >= 0.6 is 15.9 Å². The van der Waals surface area contributed by atoms with E-state index in [-0.39, 0.29) is 5.56 Å². The molecule has 0 heterocycles. The van der Waals surface area contributed by atoms with Crippen LogP contribution in [0.2, 0.25) is 0 Å². The summed E-state index contributed by atoms with van der Waals surface area (Å²) in [5.74, 6) is -0.981. The van der Waals surface area contributed by atoms with Gasteiger partial charge in [-0.25, -0.2) is 4.39 Å². The van der Waals surface area contributed by atoms with E-state index in [4.69, 9.17) is 5.73 Å². The van der Waals surface area contributed by atoms with E-state index in [0.29, 0.717) is 15.8 Å². The first-order valence-corrected chi connectivity index (χ1v) is 6.37.